The normalized spacial score (nSPS) is 15.7. The second kappa shape index (κ2) is 12.8. The van der Waals surface area contributed by atoms with E-state index in [2.05, 4.69) is 28.7 Å². The minimum atomic E-state index is -1.19. The topological polar surface area (TPSA) is 88.0 Å². The Kier molecular flexibility index (Phi) is 9.59. The van der Waals surface area contributed by atoms with E-state index in [4.69, 9.17) is 9.47 Å². The Morgan fingerprint density at radius 2 is 1.74 bits per heavy atom. The number of likely N-dealkylation sites (N-methyl/N-ethyl adjacent to an activating group) is 1. The SMILES string of the molecule is Cc1ncc(-c2ccc(N(C)CCOc3cc(F)cc(F)c3)nc2)c(N2CCC(C)(C)CC2)c1[C@H](OC(C)(C)C)C(=O)O. The Bertz CT molecular complexity index is 1410. The highest BCUT2D eigenvalue weighted by Gasteiger charge is 2.35. The van der Waals surface area contributed by atoms with Gasteiger partial charge in [0.1, 0.15) is 29.8 Å². The van der Waals surface area contributed by atoms with Crippen LogP contribution < -0.4 is 14.5 Å². The van der Waals surface area contributed by atoms with Gasteiger partial charge in [0.2, 0.25) is 0 Å². The minimum absolute atomic E-state index is 0.126. The average molecular weight is 597 g/mol. The lowest BCUT2D eigenvalue weighted by Gasteiger charge is -2.41. The molecule has 0 radical (unpaired) electrons. The average Bonchev–Trinajstić information content (AvgIpc) is 2.91. The second-order valence-corrected chi connectivity index (χ2v) is 12.9. The molecular formula is C33H42F2N4O4. The summed E-state index contributed by atoms with van der Waals surface area (Å²) < 4.78 is 38.6. The Balaban J connectivity index is 1.64. The van der Waals surface area contributed by atoms with Crippen LogP contribution in [-0.4, -0.2) is 59.9 Å². The minimum Gasteiger partial charge on any atom is -0.492 e. The Labute approximate surface area is 252 Å². The van der Waals surface area contributed by atoms with Gasteiger partial charge in [0.05, 0.1) is 17.8 Å². The summed E-state index contributed by atoms with van der Waals surface area (Å²) in [6.07, 6.45) is 4.29. The summed E-state index contributed by atoms with van der Waals surface area (Å²) in [7, 11) is 1.85. The Hall–Kier alpha value is -3.79. The first-order valence-corrected chi connectivity index (χ1v) is 14.5. The molecule has 232 valence electrons. The van der Waals surface area contributed by atoms with Gasteiger partial charge < -0.3 is 24.4 Å². The fraction of sp³-hybridized carbons (Fsp3) is 0.485. The van der Waals surface area contributed by atoms with Crippen LogP contribution in [0, 0.1) is 24.0 Å². The molecule has 3 heterocycles. The zero-order valence-corrected chi connectivity index (χ0v) is 26.1. The van der Waals surface area contributed by atoms with E-state index in [9.17, 15) is 18.7 Å². The highest BCUT2D eigenvalue weighted by atomic mass is 19.1. The molecule has 0 bridgehead atoms. The number of nitrogens with zero attached hydrogens (tertiary/aromatic N) is 4. The zero-order valence-electron chi connectivity index (χ0n) is 26.1. The van der Waals surface area contributed by atoms with Crippen LogP contribution in [0.5, 0.6) is 5.75 Å². The predicted molar refractivity (Wildman–Crippen MR) is 164 cm³/mol. The van der Waals surface area contributed by atoms with Gasteiger partial charge in [0.15, 0.2) is 6.10 Å². The van der Waals surface area contributed by atoms with Crippen molar-refractivity contribution in [3.8, 4) is 16.9 Å². The predicted octanol–water partition coefficient (Wildman–Crippen LogP) is 6.81. The lowest BCUT2D eigenvalue weighted by molar-refractivity contribution is -0.160. The molecule has 1 aromatic carbocycles. The van der Waals surface area contributed by atoms with Crippen molar-refractivity contribution < 1.29 is 28.2 Å². The smallest absolute Gasteiger partial charge is 0.337 e. The van der Waals surface area contributed by atoms with Crippen LogP contribution >= 0.6 is 0 Å². The summed E-state index contributed by atoms with van der Waals surface area (Å²) in [6.45, 7) is 14.1. The van der Waals surface area contributed by atoms with Crippen molar-refractivity contribution in [2.24, 2.45) is 5.41 Å². The fourth-order valence-corrected chi connectivity index (χ4v) is 5.19. The highest BCUT2D eigenvalue weighted by Crippen LogP contribution is 2.43. The van der Waals surface area contributed by atoms with E-state index in [1.165, 1.54) is 0 Å². The van der Waals surface area contributed by atoms with Crippen molar-refractivity contribution in [2.45, 2.75) is 66.1 Å². The molecule has 8 nitrogen and oxygen atoms in total. The number of anilines is 2. The number of piperidine rings is 1. The van der Waals surface area contributed by atoms with Crippen LogP contribution in [0.15, 0.2) is 42.7 Å². The first-order valence-electron chi connectivity index (χ1n) is 14.5. The lowest BCUT2D eigenvalue weighted by Crippen LogP contribution is -2.39. The van der Waals surface area contributed by atoms with Gasteiger partial charge in [-0.1, -0.05) is 13.8 Å². The standard InChI is InChI=1S/C33H42F2N4O4/c1-21-28(30(31(40)41)43-32(2,3)4)29(39-12-10-33(5,6)11-13-39)26(20-36-21)22-8-9-27(37-19-22)38(7)14-15-42-25-17-23(34)16-24(35)18-25/h8-9,16-20,30H,10-15H2,1-7H3,(H,40,41)/t30-/m0/s1. The van der Waals surface area contributed by atoms with E-state index in [1.54, 1.807) is 12.4 Å². The van der Waals surface area contributed by atoms with Crippen molar-refractivity contribution in [1.82, 2.24) is 9.97 Å². The number of benzene rings is 1. The maximum atomic E-state index is 13.5. The third-order valence-corrected chi connectivity index (χ3v) is 7.66. The number of pyridine rings is 2. The molecule has 43 heavy (non-hydrogen) atoms. The van der Waals surface area contributed by atoms with Crippen LogP contribution in [0.3, 0.4) is 0 Å². The quantitative estimate of drug-likeness (QED) is 0.273. The molecule has 0 spiro atoms. The summed E-state index contributed by atoms with van der Waals surface area (Å²) >= 11 is 0. The zero-order chi connectivity index (χ0) is 31.5. The van der Waals surface area contributed by atoms with Crippen molar-refractivity contribution in [2.75, 3.05) is 43.1 Å². The number of carboxylic acids is 1. The van der Waals surface area contributed by atoms with E-state index < -0.39 is 29.3 Å². The van der Waals surface area contributed by atoms with E-state index in [1.807, 2.05) is 51.8 Å². The molecule has 1 N–H and O–H groups in total. The Morgan fingerprint density at radius 3 is 2.30 bits per heavy atom. The van der Waals surface area contributed by atoms with E-state index in [-0.39, 0.29) is 17.8 Å². The molecule has 1 saturated heterocycles. The number of aryl methyl sites for hydroxylation is 1. The molecule has 1 atom stereocenters. The van der Waals surface area contributed by atoms with Crippen LogP contribution in [-0.2, 0) is 9.53 Å². The number of ether oxygens (including phenoxy) is 2. The van der Waals surface area contributed by atoms with E-state index in [0.29, 0.717) is 23.6 Å². The van der Waals surface area contributed by atoms with E-state index >= 15 is 0 Å². The number of halogens is 2. The van der Waals surface area contributed by atoms with Gasteiger partial charge in [-0.05, 0) is 58.1 Å². The summed E-state index contributed by atoms with van der Waals surface area (Å²) in [5, 5.41) is 10.3. The molecular weight excluding hydrogens is 554 g/mol. The molecule has 10 heteroatoms. The molecule has 0 saturated carbocycles. The molecule has 4 rings (SSSR count). The number of hydrogen-bond donors (Lipinski definition) is 1. The number of carbonyl (C=O) groups is 1. The van der Waals surface area contributed by atoms with Gasteiger partial charge in [-0.15, -0.1) is 0 Å². The summed E-state index contributed by atoms with van der Waals surface area (Å²) in [6, 6.07) is 6.90. The molecule has 0 aliphatic carbocycles. The molecule has 3 aromatic rings. The number of carboxylic acid groups (broad SMARTS) is 1. The number of aromatic nitrogens is 2. The van der Waals surface area contributed by atoms with Gasteiger partial charge in [0, 0.05) is 73.1 Å². The van der Waals surface area contributed by atoms with Crippen molar-refractivity contribution in [3.05, 3.63) is 65.6 Å². The molecule has 2 aromatic heterocycles. The largest absolute Gasteiger partial charge is 0.492 e. The third kappa shape index (κ3) is 8.19. The first kappa shape index (κ1) is 32.1. The summed E-state index contributed by atoms with van der Waals surface area (Å²) in [4.78, 5) is 26.1. The van der Waals surface area contributed by atoms with Gasteiger partial charge >= 0.3 is 5.97 Å². The fourth-order valence-electron chi connectivity index (χ4n) is 5.19. The summed E-state index contributed by atoms with van der Waals surface area (Å²) in [5.41, 5.74) is 3.10. The maximum Gasteiger partial charge on any atom is 0.337 e. The summed E-state index contributed by atoms with van der Waals surface area (Å²) in [5.74, 6) is -1.64. The molecule has 0 amide bonds. The molecule has 0 unspecified atom stereocenters. The number of hydrogen-bond acceptors (Lipinski definition) is 7. The van der Waals surface area contributed by atoms with Crippen molar-refractivity contribution in [1.29, 1.82) is 0 Å². The Morgan fingerprint density at radius 1 is 1.09 bits per heavy atom. The molecule has 1 aliphatic heterocycles. The molecule has 1 fully saturated rings. The highest BCUT2D eigenvalue weighted by molar-refractivity contribution is 5.86. The van der Waals surface area contributed by atoms with Gasteiger partial charge in [-0.25, -0.2) is 18.6 Å². The van der Waals surface area contributed by atoms with Crippen LogP contribution in [0.25, 0.3) is 11.1 Å². The molecule has 1 aliphatic rings. The maximum absolute atomic E-state index is 13.5. The third-order valence-electron chi connectivity index (χ3n) is 7.66. The number of aliphatic carboxylic acids is 1. The van der Waals surface area contributed by atoms with Gasteiger partial charge in [-0.2, -0.15) is 0 Å². The van der Waals surface area contributed by atoms with Crippen molar-refractivity contribution >= 4 is 17.5 Å². The van der Waals surface area contributed by atoms with Crippen LogP contribution in [0.1, 0.15) is 64.8 Å². The van der Waals surface area contributed by atoms with Crippen molar-refractivity contribution in [3.63, 3.8) is 0 Å². The second-order valence-electron chi connectivity index (χ2n) is 12.9. The van der Waals surface area contributed by atoms with Gasteiger partial charge in [-0.3, -0.25) is 4.98 Å². The van der Waals surface area contributed by atoms with E-state index in [0.717, 1.165) is 60.9 Å². The lowest BCUT2D eigenvalue weighted by atomic mass is 9.82. The first-order chi connectivity index (χ1) is 20.1. The van der Waals surface area contributed by atoms with Crippen LogP contribution in [0.4, 0.5) is 20.3 Å². The van der Waals surface area contributed by atoms with Crippen LogP contribution in [0.2, 0.25) is 0 Å². The van der Waals surface area contributed by atoms with Gasteiger partial charge in [0.25, 0.3) is 0 Å². The monoisotopic (exact) mass is 596 g/mol. The number of rotatable bonds is 10.